The molecule has 0 fully saturated rings. The second-order valence-electron chi connectivity index (χ2n) is 4.93. The molecule has 1 aromatic heterocycles. The van der Waals surface area contributed by atoms with Crippen molar-refractivity contribution in [1.82, 2.24) is 4.57 Å². The number of aryl methyl sites for hydroxylation is 1. The summed E-state index contributed by atoms with van der Waals surface area (Å²) in [6.45, 7) is 2.96. The smallest absolute Gasteiger partial charge is 0.150 e. The average molecular weight is 267 g/mol. The van der Waals surface area contributed by atoms with E-state index in [0.29, 0.717) is 5.56 Å². The summed E-state index contributed by atoms with van der Waals surface area (Å²) in [5.74, 6) is 5.95. The van der Waals surface area contributed by atoms with Crippen molar-refractivity contribution in [2.45, 2.75) is 13.5 Å². The van der Waals surface area contributed by atoms with Crippen LogP contribution >= 0.6 is 0 Å². The van der Waals surface area contributed by atoms with Gasteiger partial charge in [-0.2, -0.15) is 0 Å². The zero-order valence-corrected chi connectivity index (χ0v) is 11.6. The number of anilines is 1. The molecule has 3 rings (SSSR count). The molecule has 2 N–H and O–H groups in total. The highest BCUT2D eigenvalue weighted by molar-refractivity contribution is 6.13. The fraction of sp³-hybridized carbons (Fsp3) is 0.188. The molecule has 0 atom stereocenters. The number of nitrogens with two attached hydrogens (primary N) is 1. The predicted octanol–water partition coefficient (Wildman–Crippen LogP) is 2.94. The Labute approximate surface area is 117 Å². The van der Waals surface area contributed by atoms with Crippen LogP contribution in [0, 0.1) is 0 Å². The second-order valence-corrected chi connectivity index (χ2v) is 4.93. The second kappa shape index (κ2) is 4.65. The van der Waals surface area contributed by atoms with E-state index >= 15 is 0 Å². The first-order chi connectivity index (χ1) is 9.67. The van der Waals surface area contributed by atoms with Gasteiger partial charge in [0.15, 0.2) is 0 Å². The maximum absolute atomic E-state index is 11.2. The van der Waals surface area contributed by atoms with Crippen LogP contribution in [0.2, 0.25) is 0 Å². The molecule has 102 valence electrons. The average Bonchev–Trinajstić information content (AvgIpc) is 2.79. The number of para-hydroxylation sites is 1. The molecule has 1 heterocycles. The number of aldehydes is 1. The number of hydrogen-bond acceptors (Lipinski definition) is 3. The maximum atomic E-state index is 11.2. The number of benzene rings is 2. The first-order valence-corrected chi connectivity index (χ1v) is 6.66. The van der Waals surface area contributed by atoms with Crippen LogP contribution in [0.15, 0.2) is 36.4 Å². The van der Waals surface area contributed by atoms with Gasteiger partial charge in [-0.15, -0.1) is 0 Å². The Morgan fingerprint density at radius 3 is 2.65 bits per heavy atom. The molecule has 2 aromatic carbocycles. The van der Waals surface area contributed by atoms with Gasteiger partial charge >= 0.3 is 0 Å². The minimum absolute atomic E-state index is 0.642. The van der Waals surface area contributed by atoms with E-state index in [1.54, 1.807) is 12.1 Å². The number of rotatable bonds is 3. The van der Waals surface area contributed by atoms with E-state index in [9.17, 15) is 4.79 Å². The molecule has 0 radical (unpaired) electrons. The molecule has 20 heavy (non-hydrogen) atoms. The van der Waals surface area contributed by atoms with Crippen molar-refractivity contribution in [2.24, 2.45) is 5.84 Å². The molecule has 0 amide bonds. The number of aromatic nitrogens is 1. The highest BCUT2D eigenvalue weighted by Gasteiger charge is 2.15. The SMILES string of the molecule is CCn1c2ccccc2c2cc(C=O)cc(N(C)N)c21. The Morgan fingerprint density at radius 1 is 1.25 bits per heavy atom. The Bertz CT molecular complexity index is 802. The lowest BCUT2D eigenvalue weighted by Gasteiger charge is -2.16. The van der Waals surface area contributed by atoms with Gasteiger partial charge in [0, 0.05) is 35.4 Å². The van der Waals surface area contributed by atoms with E-state index in [2.05, 4.69) is 23.6 Å². The van der Waals surface area contributed by atoms with Crippen LogP contribution in [0.5, 0.6) is 0 Å². The van der Waals surface area contributed by atoms with Crippen LogP contribution < -0.4 is 10.9 Å². The van der Waals surface area contributed by atoms with Crippen LogP contribution in [-0.4, -0.2) is 17.9 Å². The Balaban J connectivity index is 2.58. The highest BCUT2D eigenvalue weighted by Crippen LogP contribution is 2.35. The van der Waals surface area contributed by atoms with Crippen molar-refractivity contribution in [3.05, 3.63) is 42.0 Å². The fourth-order valence-corrected chi connectivity index (χ4v) is 2.85. The summed E-state index contributed by atoms with van der Waals surface area (Å²) in [5, 5.41) is 3.79. The first-order valence-electron chi connectivity index (χ1n) is 6.66. The molecule has 4 nitrogen and oxygen atoms in total. The summed E-state index contributed by atoms with van der Waals surface area (Å²) in [5.41, 5.74) is 3.74. The third-order valence-electron chi connectivity index (χ3n) is 3.70. The van der Waals surface area contributed by atoms with Crippen LogP contribution in [0.3, 0.4) is 0 Å². The summed E-state index contributed by atoms with van der Waals surface area (Å²) in [4.78, 5) is 11.2. The van der Waals surface area contributed by atoms with Crippen molar-refractivity contribution in [2.75, 3.05) is 12.1 Å². The van der Waals surface area contributed by atoms with E-state index in [4.69, 9.17) is 5.84 Å². The van der Waals surface area contributed by atoms with E-state index in [0.717, 1.165) is 40.3 Å². The van der Waals surface area contributed by atoms with Gasteiger partial charge in [0.1, 0.15) is 6.29 Å². The van der Waals surface area contributed by atoms with Crippen LogP contribution in [0.4, 0.5) is 5.69 Å². The number of carbonyl (C=O) groups is 1. The standard InChI is InChI=1S/C16H17N3O/c1-3-19-14-7-5-4-6-12(14)13-8-11(10-20)9-15(16(13)19)18(2)17/h4-10H,3,17H2,1-2H3. The minimum atomic E-state index is 0.642. The van der Waals surface area contributed by atoms with Gasteiger partial charge in [-0.05, 0) is 25.1 Å². The Morgan fingerprint density at radius 2 is 2.00 bits per heavy atom. The van der Waals surface area contributed by atoms with Gasteiger partial charge in [0.2, 0.25) is 0 Å². The number of fused-ring (bicyclic) bond motifs is 3. The molecule has 4 heteroatoms. The topological polar surface area (TPSA) is 51.3 Å². The minimum Gasteiger partial charge on any atom is -0.339 e. The Kier molecular flexibility index (Phi) is 2.95. The maximum Gasteiger partial charge on any atom is 0.150 e. The van der Waals surface area contributed by atoms with E-state index in [-0.39, 0.29) is 0 Å². The lowest BCUT2D eigenvalue weighted by atomic mass is 10.1. The lowest BCUT2D eigenvalue weighted by molar-refractivity contribution is 0.112. The number of hydrazine groups is 1. The normalized spacial score (nSPS) is 11.2. The fourth-order valence-electron chi connectivity index (χ4n) is 2.85. The predicted molar refractivity (Wildman–Crippen MR) is 83.1 cm³/mol. The van der Waals surface area contributed by atoms with Gasteiger partial charge in [-0.3, -0.25) is 4.79 Å². The van der Waals surface area contributed by atoms with E-state index < -0.39 is 0 Å². The summed E-state index contributed by atoms with van der Waals surface area (Å²) in [6.07, 6.45) is 0.866. The molecule has 0 saturated heterocycles. The zero-order chi connectivity index (χ0) is 14.3. The lowest BCUT2D eigenvalue weighted by Crippen LogP contribution is -2.25. The van der Waals surface area contributed by atoms with Gasteiger partial charge in [0.25, 0.3) is 0 Å². The van der Waals surface area contributed by atoms with Crippen LogP contribution in [0.1, 0.15) is 17.3 Å². The van der Waals surface area contributed by atoms with Gasteiger partial charge < -0.3 is 9.58 Å². The molecule has 0 unspecified atom stereocenters. The van der Waals surface area contributed by atoms with Crippen molar-refractivity contribution in [3.63, 3.8) is 0 Å². The number of hydrogen-bond donors (Lipinski definition) is 1. The third-order valence-corrected chi connectivity index (χ3v) is 3.70. The van der Waals surface area contributed by atoms with Gasteiger partial charge in [-0.25, -0.2) is 5.84 Å². The van der Waals surface area contributed by atoms with E-state index in [1.165, 1.54) is 0 Å². The molecule has 0 saturated carbocycles. The molecular formula is C16H17N3O. The Hall–Kier alpha value is -2.33. The summed E-state index contributed by atoms with van der Waals surface area (Å²) < 4.78 is 2.23. The highest BCUT2D eigenvalue weighted by atomic mass is 16.1. The quantitative estimate of drug-likeness (QED) is 0.451. The van der Waals surface area contributed by atoms with Crippen molar-refractivity contribution >= 4 is 33.8 Å². The summed E-state index contributed by atoms with van der Waals surface area (Å²) in [6, 6.07) is 12.0. The van der Waals surface area contributed by atoms with Crippen molar-refractivity contribution < 1.29 is 4.79 Å². The molecule has 3 aromatic rings. The monoisotopic (exact) mass is 267 g/mol. The molecule has 0 aliphatic rings. The summed E-state index contributed by atoms with van der Waals surface area (Å²) in [7, 11) is 1.79. The van der Waals surface area contributed by atoms with Crippen LogP contribution in [-0.2, 0) is 6.54 Å². The van der Waals surface area contributed by atoms with Gasteiger partial charge in [-0.1, -0.05) is 18.2 Å². The molecule has 0 spiro atoms. The molecule has 0 bridgehead atoms. The van der Waals surface area contributed by atoms with Crippen molar-refractivity contribution in [3.8, 4) is 0 Å². The largest absolute Gasteiger partial charge is 0.339 e. The summed E-state index contributed by atoms with van der Waals surface area (Å²) >= 11 is 0. The number of carbonyl (C=O) groups excluding carboxylic acids is 1. The first kappa shape index (κ1) is 12.7. The van der Waals surface area contributed by atoms with E-state index in [1.807, 2.05) is 24.3 Å². The zero-order valence-electron chi connectivity index (χ0n) is 11.6. The van der Waals surface area contributed by atoms with Crippen molar-refractivity contribution in [1.29, 1.82) is 0 Å². The molecular weight excluding hydrogens is 250 g/mol. The molecule has 0 aliphatic carbocycles. The number of nitrogens with zero attached hydrogens (tertiary/aromatic N) is 2. The van der Waals surface area contributed by atoms with Gasteiger partial charge in [0.05, 0.1) is 11.2 Å². The molecule has 0 aliphatic heterocycles. The third kappa shape index (κ3) is 1.69. The van der Waals surface area contributed by atoms with Crippen LogP contribution in [0.25, 0.3) is 21.8 Å².